The fraction of sp³-hybridized carbons (Fsp3) is 0.250. The summed E-state index contributed by atoms with van der Waals surface area (Å²) < 4.78 is 19.6. The molecule has 0 saturated heterocycles. The summed E-state index contributed by atoms with van der Waals surface area (Å²) in [6, 6.07) is 3.33. The molecule has 0 radical (unpaired) electrons. The van der Waals surface area contributed by atoms with Crippen LogP contribution in [-0.4, -0.2) is 8.76 Å². The van der Waals surface area contributed by atoms with Gasteiger partial charge in [-0.25, -0.2) is 4.21 Å². The molecule has 4 heteroatoms. The second kappa shape index (κ2) is 3.56. The lowest BCUT2D eigenvalue weighted by molar-refractivity contribution is 0.563. The highest BCUT2D eigenvalue weighted by molar-refractivity contribution is 7.79. The van der Waals surface area contributed by atoms with Gasteiger partial charge in [-0.05, 0) is 37.1 Å². The van der Waals surface area contributed by atoms with E-state index in [1.807, 2.05) is 0 Å². The van der Waals surface area contributed by atoms with Crippen LogP contribution in [0.1, 0.15) is 11.1 Å². The Morgan fingerprint density at radius 1 is 1.33 bits per heavy atom. The van der Waals surface area contributed by atoms with Crippen LogP contribution < -0.4 is 0 Å². The van der Waals surface area contributed by atoms with Crippen molar-refractivity contribution in [3.05, 3.63) is 28.3 Å². The molecule has 1 aromatic rings. The largest absolute Gasteiger partial charge is 0.302 e. The summed E-state index contributed by atoms with van der Waals surface area (Å²) >= 11 is 3.89. The lowest BCUT2D eigenvalue weighted by Gasteiger charge is -2.04. The van der Waals surface area contributed by atoms with Crippen LogP contribution in [0.25, 0.3) is 0 Å². The Kier molecular flexibility index (Phi) is 2.88. The van der Waals surface area contributed by atoms with E-state index < -0.39 is 11.1 Å². The van der Waals surface area contributed by atoms with Crippen LogP contribution in [0.2, 0.25) is 5.02 Å². The van der Waals surface area contributed by atoms with Crippen molar-refractivity contribution in [3.63, 3.8) is 0 Å². The summed E-state index contributed by atoms with van der Waals surface area (Å²) in [7, 11) is 0. The Balaban J connectivity index is 3.33. The van der Waals surface area contributed by atoms with E-state index in [1.165, 1.54) is 0 Å². The van der Waals surface area contributed by atoms with Gasteiger partial charge >= 0.3 is 0 Å². The molecule has 0 heterocycles. The molecule has 0 amide bonds. The van der Waals surface area contributed by atoms with Gasteiger partial charge in [0.15, 0.2) is 11.1 Å². The summed E-state index contributed by atoms with van der Waals surface area (Å²) in [4.78, 5) is 0.428. The molecule has 66 valence electrons. The zero-order valence-electron chi connectivity index (χ0n) is 6.80. The number of aryl methyl sites for hydroxylation is 2. The Morgan fingerprint density at radius 3 is 2.42 bits per heavy atom. The van der Waals surface area contributed by atoms with Crippen LogP contribution in [0, 0.1) is 13.8 Å². The molecule has 1 unspecified atom stereocenters. The number of hydrogen-bond donors (Lipinski definition) is 1. The SMILES string of the molecule is Cc1cc(S(=O)O)c(C)cc1Cl. The van der Waals surface area contributed by atoms with Crippen LogP contribution in [0.4, 0.5) is 0 Å². The Morgan fingerprint density at radius 2 is 1.92 bits per heavy atom. The first-order valence-corrected chi connectivity index (χ1v) is 4.88. The van der Waals surface area contributed by atoms with Crippen molar-refractivity contribution >= 4 is 22.7 Å². The molecule has 1 rings (SSSR count). The van der Waals surface area contributed by atoms with Crippen molar-refractivity contribution in [1.29, 1.82) is 0 Å². The van der Waals surface area contributed by atoms with Crippen molar-refractivity contribution in [2.24, 2.45) is 0 Å². The molecule has 0 spiro atoms. The number of halogens is 1. The summed E-state index contributed by atoms with van der Waals surface area (Å²) in [6.07, 6.45) is 0. The maximum absolute atomic E-state index is 10.8. The molecule has 1 atom stereocenters. The third-order valence-electron chi connectivity index (χ3n) is 1.64. The van der Waals surface area contributed by atoms with Gasteiger partial charge in [0.2, 0.25) is 0 Å². The predicted octanol–water partition coefficient (Wildman–Crippen LogP) is 2.54. The van der Waals surface area contributed by atoms with Crippen molar-refractivity contribution in [2.45, 2.75) is 18.7 Å². The molecule has 0 saturated carbocycles. The quantitative estimate of drug-likeness (QED) is 0.714. The van der Waals surface area contributed by atoms with E-state index in [0.29, 0.717) is 9.92 Å². The monoisotopic (exact) mass is 204 g/mol. The van der Waals surface area contributed by atoms with Crippen LogP contribution in [0.15, 0.2) is 17.0 Å². The van der Waals surface area contributed by atoms with Gasteiger partial charge in [-0.3, -0.25) is 0 Å². The molecule has 12 heavy (non-hydrogen) atoms. The first kappa shape index (κ1) is 9.71. The Hall–Kier alpha value is -0.380. The van der Waals surface area contributed by atoms with Crippen molar-refractivity contribution in [3.8, 4) is 0 Å². The van der Waals surface area contributed by atoms with Crippen LogP contribution in [0.5, 0.6) is 0 Å². The first-order valence-electron chi connectivity index (χ1n) is 3.40. The maximum atomic E-state index is 10.8. The zero-order chi connectivity index (χ0) is 9.30. The minimum Gasteiger partial charge on any atom is -0.302 e. The molecule has 1 aromatic carbocycles. The van der Waals surface area contributed by atoms with Crippen molar-refractivity contribution < 1.29 is 8.76 Å². The van der Waals surface area contributed by atoms with Gasteiger partial charge in [0.05, 0.1) is 4.90 Å². The molecular weight excluding hydrogens is 196 g/mol. The highest BCUT2D eigenvalue weighted by Gasteiger charge is 2.06. The standard InChI is InChI=1S/C8H9ClO2S/c1-5-4-8(12(10)11)6(2)3-7(5)9/h3-4H,1-2H3,(H,10,11). The van der Waals surface area contributed by atoms with E-state index in [9.17, 15) is 4.21 Å². The smallest absolute Gasteiger partial charge is 0.186 e. The minimum atomic E-state index is -1.92. The van der Waals surface area contributed by atoms with Crippen molar-refractivity contribution in [2.75, 3.05) is 0 Å². The van der Waals surface area contributed by atoms with E-state index in [2.05, 4.69) is 0 Å². The topological polar surface area (TPSA) is 37.3 Å². The number of hydrogen-bond acceptors (Lipinski definition) is 1. The summed E-state index contributed by atoms with van der Waals surface area (Å²) in [5.41, 5.74) is 1.56. The van der Waals surface area contributed by atoms with Gasteiger partial charge in [0.25, 0.3) is 0 Å². The summed E-state index contributed by atoms with van der Waals surface area (Å²) in [5, 5.41) is 0.627. The highest BCUT2D eigenvalue weighted by atomic mass is 35.5. The van der Waals surface area contributed by atoms with Gasteiger partial charge in [-0.15, -0.1) is 0 Å². The van der Waals surface area contributed by atoms with Gasteiger partial charge in [-0.1, -0.05) is 11.6 Å². The molecule has 0 fully saturated rings. The minimum absolute atomic E-state index is 0.428. The van der Waals surface area contributed by atoms with E-state index in [0.717, 1.165) is 11.1 Å². The lowest BCUT2D eigenvalue weighted by atomic mass is 10.2. The van der Waals surface area contributed by atoms with E-state index >= 15 is 0 Å². The van der Waals surface area contributed by atoms with Gasteiger partial charge in [0, 0.05) is 5.02 Å². The highest BCUT2D eigenvalue weighted by Crippen LogP contribution is 2.21. The zero-order valence-corrected chi connectivity index (χ0v) is 8.37. The molecule has 0 bridgehead atoms. The number of rotatable bonds is 1. The Bertz CT molecular complexity index is 336. The van der Waals surface area contributed by atoms with E-state index in [4.69, 9.17) is 16.2 Å². The molecule has 0 aromatic heterocycles. The number of benzene rings is 1. The van der Waals surface area contributed by atoms with Gasteiger partial charge < -0.3 is 4.55 Å². The lowest BCUT2D eigenvalue weighted by Crippen LogP contribution is -1.93. The summed E-state index contributed by atoms with van der Waals surface area (Å²) in [5.74, 6) is 0. The van der Waals surface area contributed by atoms with Crippen LogP contribution in [0.3, 0.4) is 0 Å². The average molecular weight is 205 g/mol. The molecule has 0 aliphatic rings. The molecular formula is C8H9ClO2S. The molecule has 1 N–H and O–H groups in total. The predicted molar refractivity (Wildman–Crippen MR) is 50.0 cm³/mol. The molecule has 2 nitrogen and oxygen atoms in total. The second-order valence-electron chi connectivity index (χ2n) is 2.62. The first-order chi connectivity index (χ1) is 5.52. The molecule has 0 aliphatic heterocycles. The fourth-order valence-electron chi connectivity index (χ4n) is 0.943. The maximum Gasteiger partial charge on any atom is 0.186 e. The van der Waals surface area contributed by atoms with Crippen LogP contribution >= 0.6 is 11.6 Å². The van der Waals surface area contributed by atoms with Gasteiger partial charge in [0.1, 0.15) is 0 Å². The van der Waals surface area contributed by atoms with Crippen LogP contribution in [-0.2, 0) is 11.1 Å². The molecule has 0 aliphatic carbocycles. The van der Waals surface area contributed by atoms with E-state index in [-0.39, 0.29) is 0 Å². The van der Waals surface area contributed by atoms with Gasteiger partial charge in [-0.2, -0.15) is 0 Å². The third kappa shape index (κ3) is 1.86. The van der Waals surface area contributed by atoms with E-state index in [1.54, 1.807) is 26.0 Å². The van der Waals surface area contributed by atoms with Crippen molar-refractivity contribution in [1.82, 2.24) is 0 Å². The second-order valence-corrected chi connectivity index (χ2v) is 3.96. The normalized spacial score (nSPS) is 13.0. The Labute approximate surface area is 78.8 Å². The summed E-state index contributed by atoms with van der Waals surface area (Å²) in [6.45, 7) is 3.56. The third-order valence-corrected chi connectivity index (χ3v) is 2.87. The fourth-order valence-corrected chi connectivity index (χ4v) is 1.77. The average Bonchev–Trinajstić information content (AvgIpc) is 1.96.